The summed E-state index contributed by atoms with van der Waals surface area (Å²) in [7, 11) is 0. The third-order valence-corrected chi connectivity index (χ3v) is 2.77. The van der Waals surface area contributed by atoms with E-state index in [1.165, 1.54) is 24.3 Å². The Morgan fingerprint density at radius 2 is 1.95 bits per heavy atom. The van der Waals surface area contributed by atoms with Gasteiger partial charge in [-0.3, -0.25) is 4.79 Å². The number of rotatable bonds is 4. The lowest BCUT2D eigenvalue weighted by Gasteiger charge is -2.10. The van der Waals surface area contributed by atoms with Gasteiger partial charge < -0.3 is 15.8 Å². The van der Waals surface area contributed by atoms with Gasteiger partial charge in [-0.15, -0.1) is 0 Å². The normalized spacial score (nSPS) is 10.1. The molecule has 0 spiro atoms. The van der Waals surface area contributed by atoms with Crippen molar-refractivity contribution in [2.75, 3.05) is 17.7 Å². The number of halogens is 2. The maximum absolute atomic E-state index is 12.7. The minimum absolute atomic E-state index is 0.245. The zero-order valence-corrected chi connectivity index (χ0v) is 11.2. The Morgan fingerprint density at radius 3 is 2.60 bits per heavy atom. The van der Waals surface area contributed by atoms with Gasteiger partial charge in [0.1, 0.15) is 5.82 Å². The molecule has 0 atom stereocenters. The average Bonchev–Trinajstić information content (AvgIpc) is 2.41. The highest BCUT2D eigenvalue weighted by Gasteiger charge is 2.09. The van der Waals surface area contributed by atoms with Gasteiger partial charge in [-0.05, 0) is 36.4 Å². The number of hydrogen-bond acceptors (Lipinski definition) is 3. The molecule has 2 aromatic carbocycles. The highest BCUT2D eigenvalue weighted by molar-refractivity contribution is 6.32. The van der Waals surface area contributed by atoms with E-state index in [0.29, 0.717) is 16.4 Å². The zero-order valence-electron chi connectivity index (χ0n) is 10.4. The van der Waals surface area contributed by atoms with Crippen molar-refractivity contribution < 1.29 is 13.9 Å². The van der Waals surface area contributed by atoms with E-state index in [9.17, 15) is 9.18 Å². The molecule has 2 rings (SSSR count). The number of benzene rings is 2. The zero-order chi connectivity index (χ0) is 14.5. The number of nitrogens with two attached hydrogens (primary N) is 1. The van der Waals surface area contributed by atoms with Crippen molar-refractivity contribution in [3.05, 3.63) is 53.3 Å². The van der Waals surface area contributed by atoms with Crippen LogP contribution in [0.15, 0.2) is 42.5 Å². The number of anilines is 2. The van der Waals surface area contributed by atoms with Gasteiger partial charge in [0.25, 0.3) is 5.91 Å². The number of para-hydroxylation sites is 1. The highest BCUT2D eigenvalue weighted by atomic mass is 35.5. The van der Waals surface area contributed by atoms with Gasteiger partial charge in [0.15, 0.2) is 12.4 Å². The molecule has 0 saturated heterocycles. The van der Waals surface area contributed by atoms with Crippen molar-refractivity contribution in [1.29, 1.82) is 0 Å². The molecule has 0 aliphatic carbocycles. The molecule has 6 heteroatoms. The Bertz CT molecular complexity index is 597. The van der Waals surface area contributed by atoms with Gasteiger partial charge in [0.2, 0.25) is 0 Å². The number of ether oxygens (including phenoxy) is 1. The van der Waals surface area contributed by atoms with Crippen molar-refractivity contribution in [2.24, 2.45) is 0 Å². The van der Waals surface area contributed by atoms with Crippen LogP contribution in [0.3, 0.4) is 0 Å². The second-order valence-corrected chi connectivity index (χ2v) is 4.41. The van der Waals surface area contributed by atoms with Gasteiger partial charge in [0, 0.05) is 5.69 Å². The van der Waals surface area contributed by atoms with E-state index >= 15 is 0 Å². The molecule has 0 aliphatic heterocycles. The number of carbonyl (C=O) groups is 1. The molecule has 4 nitrogen and oxygen atoms in total. The Morgan fingerprint density at radius 1 is 1.25 bits per heavy atom. The van der Waals surface area contributed by atoms with E-state index in [2.05, 4.69) is 5.32 Å². The Kier molecular flexibility index (Phi) is 4.42. The van der Waals surface area contributed by atoms with E-state index in [0.717, 1.165) is 0 Å². The SMILES string of the molecule is Nc1cccc(Cl)c1OCC(=O)Nc1ccc(F)cc1. The van der Waals surface area contributed by atoms with Gasteiger partial charge >= 0.3 is 0 Å². The molecule has 0 heterocycles. The smallest absolute Gasteiger partial charge is 0.262 e. The molecule has 0 saturated carbocycles. The first-order valence-corrected chi connectivity index (χ1v) is 6.16. The molecular formula is C14H12ClFN2O2. The van der Waals surface area contributed by atoms with Crippen molar-refractivity contribution >= 4 is 28.9 Å². The van der Waals surface area contributed by atoms with Gasteiger partial charge in [-0.2, -0.15) is 0 Å². The fourth-order valence-corrected chi connectivity index (χ4v) is 1.78. The van der Waals surface area contributed by atoms with Gasteiger partial charge in [-0.1, -0.05) is 17.7 Å². The maximum Gasteiger partial charge on any atom is 0.262 e. The van der Waals surface area contributed by atoms with E-state index in [1.807, 2.05) is 0 Å². The van der Waals surface area contributed by atoms with Crippen molar-refractivity contribution in [3.8, 4) is 5.75 Å². The van der Waals surface area contributed by atoms with Crippen LogP contribution < -0.4 is 15.8 Å². The van der Waals surface area contributed by atoms with E-state index in [4.69, 9.17) is 22.1 Å². The summed E-state index contributed by atoms with van der Waals surface area (Å²) in [5.74, 6) is -0.498. The van der Waals surface area contributed by atoms with Crippen LogP contribution in [0.2, 0.25) is 5.02 Å². The van der Waals surface area contributed by atoms with Crippen LogP contribution >= 0.6 is 11.6 Å². The maximum atomic E-state index is 12.7. The average molecular weight is 295 g/mol. The van der Waals surface area contributed by atoms with Crippen LogP contribution in [0.25, 0.3) is 0 Å². The molecule has 20 heavy (non-hydrogen) atoms. The molecule has 0 aromatic heterocycles. The van der Waals surface area contributed by atoms with Gasteiger partial charge in [0.05, 0.1) is 10.7 Å². The second kappa shape index (κ2) is 6.25. The lowest BCUT2D eigenvalue weighted by Crippen LogP contribution is -2.20. The molecule has 0 aliphatic rings. The number of hydrogen-bond donors (Lipinski definition) is 2. The van der Waals surface area contributed by atoms with Crippen LogP contribution in [0.5, 0.6) is 5.75 Å². The summed E-state index contributed by atoms with van der Waals surface area (Å²) in [4.78, 5) is 11.7. The van der Waals surface area contributed by atoms with Crippen molar-refractivity contribution in [1.82, 2.24) is 0 Å². The minimum Gasteiger partial charge on any atom is -0.480 e. The van der Waals surface area contributed by atoms with Crippen LogP contribution in [0.4, 0.5) is 15.8 Å². The monoisotopic (exact) mass is 294 g/mol. The number of nitrogens with one attached hydrogen (secondary N) is 1. The Balaban J connectivity index is 1.94. The lowest BCUT2D eigenvalue weighted by atomic mass is 10.3. The fourth-order valence-electron chi connectivity index (χ4n) is 1.55. The predicted molar refractivity (Wildman–Crippen MR) is 76.4 cm³/mol. The fraction of sp³-hybridized carbons (Fsp3) is 0.0714. The summed E-state index contributed by atoms with van der Waals surface area (Å²) in [5, 5.41) is 2.90. The largest absolute Gasteiger partial charge is 0.480 e. The first kappa shape index (κ1) is 14.1. The van der Waals surface area contributed by atoms with E-state index in [-0.39, 0.29) is 18.2 Å². The van der Waals surface area contributed by atoms with Crippen molar-refractivity contribution in [2.45, 2.75) is 0 Å². The summed E-state index contributed by atoms with van der Waals surface area (Å²) < 4.78 is 18.0. The van der Waals surface area contributed by atoms with Crippen LogP contribution in [-0.4, -0.2) is 12.5 Å². The molecule has 3 N–H and O–H groups in total. The third kappa shape index (κ3) is 3.61. The standard InChI is InChI=1S/C14H12ClFN2O2/c15-11-2-1-3-12(17)14(11)20-8-13(19)18-10-6-4-9(16)5-7-10/h1-7H,8,17H2,(H,18,19). The molecule has 104 valence electrons. The quantitative estimate of drug-likeness (QED) is 0.852. The topological polar surface area (TPSA) is 64.3 Å². The molecule has 0 unspecified atom stereocenters. The second-order valence-electron chi connectivity index (χ2n) is 4.00. The molecule has 0 radical (unpaired) electrons. The summed E-state index contributed by atoms with van der Waals surface area (Å²) in [6.45, 7) is -0.245. The number of nitrogen functional groups attached to an aromatic ring is 1. The molecule has 0 fully saturated rings. The molecule has 1 amide bonds. The van der Waals surface area contributed by atoms with E-state index < -0.39 is 5.91 Å². The summed E-state index contributed by atoms with van der Waals surface area (Å²) >= 11 is 5.91. The lowest BCUT2D eigenvalue weighted by molar-refractivity contribution is -0.118. The summed E-state index contributed by atoms with van der Waals surface area (Å²) in [5.41, 5.74) is 6.53. The first-order chi connectivity index (χ1) is 9.56. The van der Waals surface area contributed by atoms with Crippen LogP contribution in [0.1, 0.15) is 0 Å². The van der Waals surface area contributed by atoms with Gasteiger partial charge in [-0.25, -0.2) is 4.39 Å². The Hall–Kier alpha value is -2.27. The number of amides is 1. The molecular weight excluding hydrogens is 283 g/mol. The molecule has 0 bridgehead atoms. The van der Waals surface area contributed by atoms with Crippen molar-refractivity contribution in [3.63, 3.8) is 0 Å². The third-order valence-electron chi connectivity index (χ3n) is 2.47. The highest BCUT2D eigenvalue weighted by Crippen LogP contribution is 2.30. The predicted octanol–water partition coefficient (Wildman–Crippen LogP) is 3.08. The van der Waals surface area contributed by atoms with E-state index in [1.54, 1.807) is 18.2 Å². The Labute approximate surface area is 120 Å². The van der Waals surface area contributed by atoms with Crippen LogP contribution in [-0.2, 0) is 4.79 Å². The first-order valence-electron chi connectivity index (χ1n) is 5.78. The number of carbonyl (C=O) groups excluding carboxylic acids is 1. The van der Waals surface area contributed by atoms with Crippen LogP contribution in [0, 0.1) is 5.82 Å². The minimum atomic E-state index is -0.393. The summed E-state index contributed by atoms with van der Waals surface area (Å²) in [6, 6.07) is 10.3. The summed E-state index contributed by atoms with van der Waals surface area (Å²) in [6.07, 6.45) is 0. The molecule has 2 aromatic rings.